The average molecular weight is 259 g/mol. The predicted octanol–water partition coefficient (Wildman–Crippen LogP) is -0.486. The lowest BCUT2D eigenvalue weighted by atomic mass is 9.97. The number of nitrogens with two attached hydrogens (primary N) is 1. The van der Waals surface area contributed by atoms with Gasteiger partial charge < -0.3 is 25.4 Å². The fraction of sp³-hybridized carbons (Fsp3) is 0.818. The maximum absolute atomic E-state index is 11.7. The van der Waals surface area contributed by atoms with Gasteiger partial charge in [0.05, 0.1) is 13.2 Å². The highest BCUT2D eigenvalue weighted by Crippen LogP contribution is 2.16. The summed E-state index contributed by atoms with van der Waals surface area (Å²) in [6.07, 6.45) is 1.26. The van der Waals surface area contributed by atoms with Gasteiger partial charge in [-0.1, -0.05) is 0 Å². The summed E-state index contributed by atoms with van der Waals surface area (Å²) in [5.41, 5.74) is 5.23. The second kappa shape index (κ2) is 7.88. The minimum atomic E-state index is -0.280. The molecule has 0 aromatic carbocycles. The number of hydrogen-bond acceptors (Lipinski definition) is 4. The number of nitrogens with one attached hydrogen (secondary N) is 1. The number of hydrogen-bond donors (Lipinski definition) is 2. The molecule has 0 aromatic rings. The molecule has 1 rings (SSSR count). The first-order chi connectivity index (χ1) is 8.65. The third-order valence-electron chi connectivity index (χ3n) is 2.94. The van der Waals surface area contributed by atoms with E-state index in [9.17, 15) is 9.59 Å². The highest BCUT2D eigenvalue weighted by Gasteiger charge is 2.25. The van der Waals surface area contributed by atoms with E-state index in [4.69, 9.17) is 15.2 Å². The number of primary amides is 1. The van der Waals surface area contributed by atoms with Crippen LogP contribution in [0.15, 0.2) is 0 Å². The number of carbonyl (C=O) groups is 2. The second-order valence-electron chi connectivity index (χ2n) is 4.19. The second-order valence-corrected chi connectivity index (χ2v) is 4.19. The van der Waals surface area contributed by atoms with Crippen molar-refractivity contribution in [2.45, 2.75) is 12.8 Å². The molecule has 3 amide bonds. The molecule has 7 nitrogen and oxygen atoms in total. The van der Waals surface area contributed by atoms with Gasteiger partial charge in [-0.05, 0) is 12.8 Å². The van der Waals surface area contributed by atoms with E-state index in [-0.39, 0.29) is 24.6 Å². The molecular formula is C11H21N3O4. The summed E-state index contributed by atoms with van der Waals surface area (Å²) in [6, 6.07) is -0.171. The SMILES string of the molecule is COCCOCNC(=O)N1CCC(C(N)=O)CC1. The molecule has 0 aliphatic carbocycles. The van der Waals surface area contributed by atoms with Gasteiger partial charge in [0.25, 0.3) is 0 Å². The standard InChI is InChI=1S/C11H21N3O4/c1-17-6-7-18-8-13-11(16)14-4-2-9(3-5-14)10(12)15/h9H,2-8H2,1H3,(H2,12,15)(H,13,16). The zero-order valence-electron chi connectivity index (χ0n) is 10.7. The Morgan fingerprint density at radius 3 is 2.56 bits per heavy atom. The number of piperidine rings is 1. The summed E-state index contributed by atoms with van der Waals surface area (Å²) >= 11 is 0. The quantitative estimate of drug-likeness (QED) is 0.497. The number of methoxy groups -OCH3 is 1. The summed E-state index contributed by atoms with van der Waals surface area (Å²) in [6.45, 7) is 2.22. The van der Waals surface area contributed by atoms with Crippen LogP contribution in [0.25, 0.3) is 0 Å². The molecule has 0 spiro atoms. The van der Waals surface area contributed by atoms with Crippen molar-refractivity contribution in [3.05, 3.63) is 0 Å². The third-order valence-corrected chi connectivity index (χ3v) is 2.94. The average Bonchev–Trinajstić information content (AvgIpc) is 2.38. The van der Waals surface area contributed by atoms with Crippen LogP contribution < -0.4 is 11.1 Å². The Balaban J connectivity index is 2.14. The molecule has 18 heavy (non-hydrogen) atoms. The number of amides is 3. The van der Waals surface area contributed by atoms with Crippen molar-refractivity contribution < 1.29 is 19.1 Å². The molecule has 0 aromatic heterocycles. The number of carbonyl (C=O) groups excluding carboxylic acids is 2. The molecule has 0 unspecified atom stereocenters. The summed E-state index contributed by atoms with van der Waals surface area (Å²) in [5, 5.41) is 2.65. The van der Waals surface area contributed by atoms with Gasteiger partial charge in [0, 0.05) is 26.1 Å². The van der Waals surface area contributed by atoms with E-state index in [0.717, 1.165) is 0 Å². The van der Waals surface area contributed by atoms with Crippen LogP contribution in [0.1, 0.15) is 12.8 Å². The molecule has 1 heterocycles. The number of ether oxygens (including phenoxy) is 2. The van der Waals surface area contributed by atoms with E-state index < -0.39 is 0 Å². The Morgan fingerprint density at radius 2 is 2.00 bits per heavy atom. The van der Waals surface area contributed by atoms with E-state index >= 15 is 0 Å². The Bertz CT molecular complexity index is 277. The highest BCUT2D eigenvalue weighted by atomic mass is 16.5. The number of nitrogens with zero attached hydrogens (tertiary/aromatic N) is 1. The first-order valence-corrected chi connectivity index (χ1v) is 6.04. The van der Waals surface area contributed by atoms with E-state index in [2.05, 4.69) is 5.32 Å². The number of rotatable bonds is 6. The zero-order valence-corrected chi connectivity index (χ0v) is 10.7. The van der Waals surface area contributed by atoms with E-state index in [0.29, 0.717) is 39.1 Å². The lowest BCUT2D eigenvalue weighted by molar-refractivity contribution is -0.123. The summed E-state index contributed by atoms with van der Waals surface area (Å²) in [7, 11) is 1.59. The van der Waals surface area contributed by atoms with Crippen molar-refractivity contribution in [2.24, 2.45) is 11.7 Å². The Hall–Kier alpha value is -1.34. The number of likely N-dealkylation sites (tertiary alicyclic amines) is 1. The molecule has 1 fully saturated rings. The van der Waals surface area contributed by atoms with Gasteiger partial charge in [0.2, 0.25) is 5.91 Å². The maximum atomic E-state index is 11.7. The molecule has 1 aliphatic rings. The molecule has 0 saturated carbocycles. The van der Waals surface area contributed by atoms with E-state index in [1.165, 1.54) is 0 Å². The zero-order chi connectivity index (χ0) is 13.4. The van der Waals surface area contributed by atoms with Gasteiger partial charge in [-0.3, -0.25) is 4.79 Å². The summed E-state index contributed by atoms with van der Waals surface area (Å²) in [5.74, 6) is -0.384. The van der Waals surface area contributed by atoms with Crippen LogP contribution in [0.2, 0.25) is 0 Å². The van der Waals surface area contributed by atoms with Crippen LogP contribution in [0.5, 0.6) is 0 Å². The Kier molecular flexibility index (Phi) is 6.45. The molecular weight excluding hydrogens is 238 g/mol. The first-order valence-electron chi connectivity index (χ1n) is 6.04. The molecule has 7 heteroatoms. The Morgan fingerprint density at radius 1 is 1.33 bits per heavy atom. The minimum Gasteiger partial charge on any atom is -0.382 e. The van der Waals surface area contributed by atoms with Crippen molar-refractivity contribution in [1.82, 2.24) is 10.2 Å². The van der Waals surface area contributed by atoms with Crippen LogP contribution in [0.4, 0.5) is 4.79 Å². The van der Waals surface area contributed by atoms with Crippen molar-refractivity contribution in [3.63, 3.8) is 0 Å². The van der Waals surface area contributed by atoms with Crippen molar-refractivity contribution in [3.8, 4) is 0 Å². The fourth-order valence-corrected chi connectivity index (χ4v) is 1.81. The molecule has 1 saturated heterocycles. The maximum Gasteiger partial charge on any atom is 0.319 e. The monoisotopic (exact) mass is 259 g/mol. The summed E-state index contributed by atoms with van der Waals surface area (Å²) in [4.78, 5) is 24.3. The van der Waals surface area contributed by atoms with E-state index in [1.807, 2.05) is 0 Å². The van der Waals surface area contributed by atoms with Crippen LogP contribution in [0, 0.1) is 5.92 Å². The molecule has 0 bridgehead atoms. The minimum absolute atomic E-state index is 0.105. The molecule has 1 aliphatic heterocycles. The van der Waals surface area contributed by atoms with E-state index in [1.54, 1.807) is 12.0 Å². The molecule has 0 radical (unpaired) electrons. The van der Waals surface area contributed by atoms with Gasteiger partial charge in [-0.2, -0.15) is 0 Å². The summed E-state index contributed by atoms with van der Waals surface area (Å²) < 4.78 is 9.94. The molecule has 104 valence electrons. The van der Waals surface area contributed by atoms with Gasteiger partial charge in [-0.25, -0.2) is 4.79 Å². The van der Waals surface area contributed by atoms with Gasteiger partial charge in [0.15, 0.2) is 0 Å². The first kappa shape index (κ1) is 14.7. The normalized spacial score (nSPS) is 16.6. The topological polar surface area (TPSA) is 93.9 Å². The van der Waals surface area contributed by atoms with Crippen LogP contribution in [0.3, 0.4) is 0 Å². The number of urea groups is 1. The van der Waals surface area contributed by atoms with Crippen LogP contribution >= 0.6 is 0 Å². The largest absolute Gasteiger partial charge is 0.382 e. The van der Waals surface area contributed by atoms with Gasteiger partial charge >= 0.3 is 6.03 Å². The van der Waals surface area contributed by atoms with Crippen LogP contribution in [-0.4, -0.2) is 57.0 Å². The van der Waals surface area contributed by atoms with Gasteiger partial charge in [-0.15, -0.1) is 0 Å². The third kappa shape index (κ3) is 4.89. The van der Waals surface area contributed by atoms with Crippen molar-refractivity contribution in [2.75, 3.05) is 40.1 Å². The smallest absolute Gasteiger partial charge is 0.319 e. The Labute approximate surface area is 107 Å². The molecule has 0 atom stereocenters. The highest BCUT2D eigenvalue weighted by molar-refractivity contribution is 5.78. The molecule has 3 N–H and O–H groups in total. The van der Waals surface area contributed by atoms with Crippen molar-refractivity contribution in [1.29, 1.82) is 0 Å². The van der Waals surface area contributed by atoms with Gasteiger partial charge in [0.1, 0.15) is 6.73 Å². The lowest BCUT2D eigenvalue weighted by Gasteiger charge is -2.30. The predicted molar refractivity (Wildman–Crippen MR) is 64.7 cm³/mol. The van der Waals surface area contributed by atoms with Crippen LogP contribution in [-0.2, 0) is 14.3 Å². The lowest BCUT2D eigenvalue weighted by Crippen LogP contribution is -2.46. The van der Waals surface area contributed by atoms with Crippen molar-refractivity contribution >= 4 is 11.9 Å². The fourth-order valence-electron chi connectivity index (χ4n) is 1.81.